The second-order valence-corrected chi connectivity index (χ2v) is 5.40. The van der Waals surface area contributed by atoms with Gasteiger partial charge in [-0.3, -0.25) is 4.79 Å². The Morgan fingerprint density at radius 3 is 2.32 bits per heavy atom. The summed E-state index contributed by atoms with van der Waals surface area (Å²) in [7, 11) is 0. The molecule has 6 heteroatoms. The lowest BCUT2D eigenvalue weighted by molar-refractivity contribution is 0.100. The summed E-state index contributed by atoms with van der Waals surface area (Å²) in [5.41, 5.74) is 6.49. The number of hydrogen-bond acceptors (Lipinski definition) is 1. The predicted molar refractivity (Wildman–Crippen MR) is 80.4 cm³/mol. The zero-order valence-electron chi connectivity index (χ0n) is 9.38. The number of benzene rings is 2. The zero-order chi connectivity index (χ0) is 14.2. The molecule has 0 aliphatic heterocycles. The number of halogens is 4. The van der Waals surface area contributed by atoms with Crippen LogP contribution in [-0.4, -0.2) is 5.91 Å². The van der Waals surface area contributed by atoms with E-state index in [1.54, 1.807) is 24.3 Å². The molecule has 2 aromatic carbocycles. The Morgan fingerprint density at radius 1 is 1.00 bits per heavy atom. The fraction of sp³-hybridized carbons (Fsp3) is 0. The molecule has 0 atom stereocenters. The molecule has 0 radical (unpaired) electrons. The Labute approximate surface area is 130 Å². The van der Waals surface area contributed by atoms with Crippen LogP contribution in [0.1, 0.15) is 10.4 Å². The zero-order valence-corrected chi connectivity index (χ0v) is 12.4. The Kier molecular flexibility index (Phi) is 4.26. The Balaban J connectivity index is 2.82. The van der Waals surface area contributed by atoms with Gasteiger partial charge >= 0.3 is 0 Å². The van der Waals surface area contributed by atoms with Crippen LogP contribution >= 0.6 is 46.4 Å². The maximum Gasteiger partial charge on any atom is 0.249 e. The van der Waals surface area contributed by atoms with Crippen molar-refractivity contribution in [2.24, 2.45) is 5.73 Å². The summed E-state index contributed by atoms with van der Waals surface area (Å²) < 4.78 is 0. The van der Waals surface area contributed by atoms with Crippen molar-refractivity contribution in [1.29, 1.82) is 0 Å². The van der Waals surface area contributed by atoms with Crippen LogP contribution in [0.5, 0.6) is 0 Å². The number of carbonyl (C=O) groups is 1. The highest BCUT2D eigenvalue weighted by Crippen LogP contribution is 2.40. The summed E-state index contributed by atoms with van der Waals surface area (Å²) in [6.45, 7) is 0. The van der Waals surface area contributed by atoms with Crippen LogP contribution in [0.4, 0.5) is 0 Å². The third-order valence-electron chi connectivity index (χ3n) is 2.54. The Hall–Kier alpha value is -0.930. The fourth-order valence-electron chi connectivity index (χ4n) is 1.74. The number of primary amides is 1. The molecule has 0 bridgehead atoms. The van der Waals surface area contributed by atoms with E-state index in [0.29, 0.717) is 21.2 Å². The summed E-state index contributed by atoms with van der Waals surface area (Å²) in [6.07, 6.45) is 0. The maximum atomic E-state index is 11.5. The van der Waals surface area contributed by atoms with Crippen LogP contribution in [0.3, 0.4) is 0 Å². The van der Waals surface area contributed by atoms with Crippen molar-refractivity contribution in [2.45, 2.75) is 0 Å². The number of nitrogens with two attached hydrogens (primary N) is 1. The van der Waals surface area contributed by atoms with Crippen molar-refractivity contribution in [3.63, 3.8) is 0 Å². The minimum absolute atomic E-state index is 0.257. The summed E-state index contributed by atoms with van der Waals surface area (Å²) in [5.74, 6) is -0.607. The van der Waals surface area contributed by atoms with E-state index in [-0.39, 0.29) is 15.6 Å². The molecular weight excluding hydrogens is 328 g/mol. The van der Waals surface area contributed by atoms with Gasteiger partial charge < -0.3 is 5.73 Å². The lowest BCUT2D eigenvalue weighted by atomic mass is 9.99. The van der Waals surface area contributed by atoms with Crippen molar-refractivity contribution in [1.82, 2.24) is 0 Å². The third-order valence-corrected chi connectivity index (χ3v) is 3.88. The first-order valence-corrected chi connectivity index (χ1v) is 6.66. The van der Waals surface area contributed by atoms with Crippen molar-refractivity contribution in [3.8, 4) is 11.1 Å². The fourth-order valence-corrected chi connectivity index (χ4v) is 2.71. The van der Waals surface area contributed by atoms with Crippen LogP contribution in [0.2, 0.25) is 20.1 Å². The second kappa shape index (κ2) is 5.59. The van der Waals surface area contributed by atoms with E-state index in [9.17, 15) is 4.79 Å². The molecule has 2 rings (SSSR count). The van der Waals surface area contributed by atoms with E-state index in [4.69, 9.17) is 52.1 Å². The van der Waals surface area contributed by atoms with Crippen LogP contribution in [0.15, 0.2) is 30.3 Å². The SMILES string of the molecule is NC(=O)c1cccc(Cl)c1-c1cc(Cl)cc(Cl)c1Cl. The standard InChI is InChI=1S/C13H7Cl4NO/c14-6-4-8(12(17)10(16)5-6)11-7(13(18)19)2-1-3-9(11)15/h1-5H,(H2,18,19). The highest BCUT2D eigenvalue weighted by molar-refractivity contribution is 6.45. The molecule has 0 saturated carbocycles. The van der Waals surface area contributed by atoms with E-state index in [0.717, 1.165) is 0 Å². The summed E-state index contributed by atoms with van der Waals surface area (Å²) in [5, 5.41) is 1.28. The van der Waals surface area contributed by atoms with Crippen LogP contribution in [-0.2, 0) is 0 Å². The summed E-state index contributed by atoms with van der Waals surface area (Å²) >= 11 is 24.2. The average molecular weight is 335 g/mol. The first-order chi connectivity index (χ1) is 8.91. The van der Waals surface area contributed by atoms with Gasteiger partial charge in [-0.2, -0.15) is 0 Å². The first kappa shape index (κ1) is 14.5. The molecule has 0 saturated heterocycles. The van der Waals surface area contributed by atoms with E-state index in [1.165, 1.54) is 6.07 Å². The first-order valence-electron chi connectivity index (χ1n) is 5.15. The maximum absolute atomic E-state index is 11.5. The van der Waals surface area contributed by atoms with Crippen molar-refractivity contribution >= 4 is 52.3 Å². The summed E-state index contributed by atoms with van der Waals surface area (Å²) in [4.78, 5) is 11.5. The highest BCUT2D eigenvalue weighted by atomic mass is 35.5. The minimum Gasteiger partial charge on any atom is -0.366 e. The Morgan fingerprint density at radius 2 is 1.68 bits per heavy atom. The van der Waals surface area contributed by atoms with Gasteiger partial charge in [0.25, 0.3) is 0 Å². The highest BCUT2D eigenvalue weighted by Gasteiger charge is 2.18. The summed E-state index contributed by atoms with van der Waals surface area (Å²) in [6, 6.07) is 7.92. The van der Waals surface area contributed by atoms with Gasteiger partial charge in [0, 0.05) is 26.7 Å². The molecule has 0 spiro atoms. The molecule has 0 unspecified atom stereocenters. The van der Waals surface area contributed by atoms with Gasteiger partial charge in [-0.05, 0) is 24.3 Å². The van der Waals surface area contributed by atoms with E-state index < -0.39 is 5.91 Å². The molecule has 0 aliphatic carbocycles. The second-order valence-electron chi connectivity index (χ2n) is 3.78. The molecule has 0 fully saturated rings. The molecule has 0 heterocycles. The predicted octanol–water partition coefficient (Wildman–Crippen LogP) is 5.07. The largest absolute Gasteiger partial charge is 0.366 e. The average Bonchev–Trinajstić information content (AvgIpc) is 2.33. The molecule has 2 nitrogen and oxygen atoms in total. The number of carbonyl (C=O) groups excluding carboxylic acids is 1. The van der Waals surface area contributed by atoms with Crippen LogP contribution in [0, 0.1) is 0 Å². The lowest BCUT2D eigenvalue weighted by Crippen LogP contribution is -2.12. The molecule has 2 aromatic rings. The normalized spacial score (nSPS) is 10.5. The number of rotatable bonds is 2. The molecular formula is C13H7Cl4NO. The van der Waals surface area contributed by atoms with Gasteiger partial charge in [-0.15, -0.1) is 0 Å². The third kappa shape index (κ3) is 2.82. The van der Waals surface area contributed by atoms with E-state index in [1.807, 2.05) is 0 Å². The van der Waals surface area contributed by atoms with Crippen LogP contribution in [0.25, 0.3) is 11.1 Å². The van der Waals surface area contributed by atoms with Crippen LogP contribution < -0.4 is 5.73 Å². The minimum atomic E-state index is -0.607. The topological polar surface area (TPSA) is 43.1 Å². The molecule has 0 aliphatic rings. The molecule has 98 valence electrons. The lowest BCUT2D eigenvalue weighted by Gasteiger charge is -2.12. The number of amides is 1. The van der Waals surface area contributed by atoms with Gasteiger partial charge in [0.15, 0.2) is 0 Å². The van der Waals surface area contributed by atoms with Gasteiger partial charge in [0.2, 0.25) is 5.91 Å². The molecule has 2 N–H and O–H groups in total. The van der Waals surface area contributed by atoms with Gasteiger partial charge in [-0.25, -0.2) is 0 Å². The van der Waals surface area contributed by atoms with Gasteiger partial charge in [0.05, 0.1) is 10.0 Å². The van der Waals surface area contributed by atoms with Crippen molar-refractivity contribution in [2.75, 3.05) is 0 Å². The van der Waals surface area contributed by atoms with Crippen molar-refractivity contribution < 1.29 is 4.79 Å². The van der Waals surface area contributed by atoms with Gasteiger partial charge in [0.1, 0.15) is 0 Å². The number of hydrogen-bond donors (Lipinski definition) is 1. The smallest absolute Gasteiger partial charge is 0.249 e. The van der Waals surface area contributed by atoms with E-state index in [2.05, 4.69) is 0 Å². The van der Waals surface area contributed by atoms with E-state index >= 15 is 0 Å². The monoisotopic (exact) mass is 333 g/mol. The quantitative estimate of drug-likeness (QED) is 0.766. The molecule has 1 amide bonds. The molecule has 0 aromatic heterocycles. The van der Waals surface area contributed by atoms with Crippen molar-refractivity contribution in [3.05, 3.63) is 56.0 Å². The van der Waals surface area contributed by atoms with Gasteiger partial charge in [-0.1, -0.05) is 52.5 Å². The Bertz CT molecular complexity index is 670. The molecule has 19 heavy (non-hydrogen) atoms.